The maximum atomic E-state index is 11.8. The smallest absolute Gasteiger partial charge is 0.221 e. The highest BCUT2D eigenvalue weighted by molar-refractivity contribution is 5.76. The topological polar surface area (TPSA) is 61.6 Å². The van der Waals surface area contributed by atoms with Crippen molar-refractivity contribution in [2.24, 2.45) is 5.73 Å². The number of piperazine rings is 1. The summed E-state index contributed by atoms with van der Waals surface area (Å²) in [7, 11) is 2.15. The minimum Gasteiger partial charge on any atom is -0.354 e. The molecule has 1 unspecified atom stereocenters. The second kappa shape index (κ2) is 7.22. The van der Waals surface area contributed by atoms with E-state index >= 15 is 0 Å². The number of likely N-dealkylation sites (N-methyl/N-ethyl adjacent to an activating group) is 1. The maximum Gasteiger partial charge on any atom is 0.221 e. The highest BCUT2D eigenvalue weighted by atomic mass is 16.1. The summed E-state index contributed by atoms with van der Waals surface area (Å²) >= 11 is 0. The molecule has 0 aromatic heterocycles. The van der Waals surface area contributed by atoms with Crippen molar-refractivity contribution in [1.29, 1.82) is 0 Å². The Morgan fingerprint density at radius 1 is 1.32 bits per heavy atom. The number of nitrogens with two attached hydrogens (primary N) is 1. The lowest BCUT2D eigenvalue weighted by Crippen LogP contribution is -2.58. The Balaban J connectivity index is 2.35. The number of rotatable bonds is 6. The van der Waals surface area contributed by atoms with Crippen molar-refractivity contribution < 1.29 is 4.79 Å². The summed E-state index contributed by atoms with van der Waals surface area (Å²) in [5.41, 5.74) is 5.80. The predicted octanol–water partition coefficient (Wildman–Crippen LogP) is 0.256. The number of nitrogens with one attached hydrogen (secondary N) is 1. The molecule has 1 fully saturated rings. The molecule has 0 saturated carbocycles. The van der Waals surface area contributed by atoms with Crippen LogP contribution in [0.1, 0.15) is 33.6 Å². The highest BCUT2D eigenvalue weighted by Crippen LogP contribution is 2.15. The van der Waals surface area contributed by atoms with Crippen molar-refractivity contribution in [2.75, 3.05) is 39.8 Å². The van der Waals surface area contributed by atoms with Gasteiger partial charge in [0.05, 0.1) is 0 Å². The molecule has 1 heterocycles. The van der Waals surface area contributed by atoms with E-state index in [0.29, 0.717) is 13.0 Å². The maximum absolute atomic E-state index is 11.8. The van der Waals surface area contributed by atoms with Gasteiger partial charge in [0.1, 0.15) is 0 Å². The monoisotopic (exact) mass is 270 g/mol. The molecule has 1 rings (SSSR count). The molecule has 0 aromatic carbocycles. The molecule has 0 radical (unpaired) electrons. The van der Waals surface area contributed by atoms with Crippen LogP contribution in [0.5, 0.6) is 0 Å². The predicted molar refractivity (Wildman–Crippen MR) is 79.0 cm³/mol. The second-order valence-corrected chi connectivity index (χ2v) is 6.25. The minimum absolute atomic E-state index is 0.00717. The number of hydrogen-bond donors (Lipinski definition) is 2. The van der Waals surface area contributed by atoms with E-state index in [2.05, 4.69) is 36.0 Å². The Morgan fingerprint density at radius 3 is 2.42 bits per heavy atom. The largest absolute Gasteiger partial charge is 0.354 e. The van der Waals surface area contributed by atoms with Gasteiger partial charge in [-0.05, 0) is 27.3 Å². The molecule has 1 aliphatic rings. The molecule has 0 bridgehead atoms. The van der Waals surface area contributed by atoms with E-state index in [1.807, 2.05) is 6.92 Å². The lowest BCUT2D eigenvalue weighted by molar-refractivity contribution is -0.122. The van der Waals surface area contributed by atoms with Gasteiger partial charge in [-0.15, -0.1) is 0 Å². The summed E-state index contributed by atoms with van der Waals surface area (Å²) < 4.78 is 0. The quantitative estimate of drug-likeness (QED) is 0.726. The van der Waals surface area contributed by atoms with Crippen molar-refractivity contribution in [3.63, 3.8) is 0 Å². The van der Waals surface area contributed by atoms with Crippen LogP contribution in [0, 0.1) is 0 Å². The van der Waals surface area contributed by atoms with E-state index < -0.39 is 0 Å². The molecule has 1 aliphatic heterocycles. The Kier molecular flexibility index (Phi) is 6.23. The third-order valence-electron chi connectivity index (χ3n) is 4.05. The zero-order valence-electron chi connectivity index (χ0n) is 12.9. The van der Waals surface area contributed by atoms with Crippen molar-refractivity contribution in [3.05, 3.63) is 0 Å². The molecular weight excluding hydrogens is 240 g/mol. The van der Waals surface area contributed by atoms with Gasteiger partial charge in [-0.1, -0.05) is 6.92 Å². The molecule has 0 spiro atoms. The van der Waals surface area contributed by atoms with Crippen LogP contribution in [-0.2, 0) is 4.79 Å². The van der Waals surface area contributed by atoms with Gasteiger partial charge >= 0.3 is 0 Å². The SMILES string of the molecule is CCC(N)CC(=O)NCC(C)(C)N1CCN(C)CC1. The van der Waals surface area contributed by atoms with Gasteiger partial charge in [0, 0.05) is 50.7 Å². The average molecular weight is 270 g/mol. The van der Waals surface area contributed by atoms with Gasteiger partial charge in [0.25, 0.3) is 0 Å². The third kappa shape index (κ3) is 5.47. The van der Waals surface area contributed by atoms with Crippen LogP contribution in [0.3, 0.4) is 0 Å². The summed E-state index contributed by atoms with van der Waals surface area (Å²) in [6, 6.07) is -0.0215. The van der Waals surface area contributed by atoms with Crippen LogP contribution >= 0.6 is 0 Å². The Bertz CT molecular complexity index is 285. The second-order valence-electron chi connectivity index (χ2n) is 6.25. The standard InChI is InChI=1S/C14H30N4O/c1-5-12(15)10-13(19)16-11-14(2,3)18-8-6-17(4)7-9-18/h12H,5-11,15H2,1-4H3,(H,16,19). The fourth-order valence-corrected chi connectivity index (χ4v) is 2.29. The summed E-state index contributed by atoms with van der Waals surface area (Å²) in [4.78, 5) is 16.6. The lowest BCUT2D eigenvalue weighted by Gasteiger charge is -2.43. The zero-order chi connectivity index (χ0) is 14.5. The number of amides is 1. The summed E-state index contributed by atoms with van der Waals surface area (Å²) in [5.74, 6) is 0.0663. The summed E-state index contributed by atoms with van der Waals surface area (Å²) in [6.45, 7) is 11.4. The molecule has 5 heteroatoms. The average Bonchev–Trinajstić information content (AvgIpc) is 2.37. The number of carbonyl (C=O) groups excluding carboxylic acids is 1. The molecule has 0 aliphatic carbocycles. The van der Waals surface area contributed by atoms with Crippen LogP contribution in [0.4, 0.5) is 0 Å². The van der Waals surface area contributed by atoms with Crippen molar-refractivity contribution in [2.45, 2.75) is 45.2 Å². The van der Waals surface area contributed by atoms with Gasteiger partial charge in [-0.25, -0.2) is 0 Å². The summed E-state index contributed by atoms with van der Waals surface area (Å²) in [5, 5.41) is 3.02. The van der Waals surface area contributed by atoms with E-state index in [-0.39, 0.29) is 17.5 Å². The molecule has 19 heavy (non-hydrogen) atoms. The molecule has 1 atom stereocenters. The Hall–Kier alpha value is -0.650. The van der Waals surface area contributed by atoms with Crippen LogP contribution in [0.2, 0.25) is 0 Å². The highest BCUT2D eigenvalue weighted by Gasteiger charge is 2.29. The van der Waals surface area contributed by atoms with Gasteiger partial charge in [0.2, 0.25) is 5.91 Å². The fraction of sp³-hybridized carbons (Fsp3) is 0.929. The first-order valence-electron chi connectivity index (χ1n) is 7.31. The van der Waals surface area contributed by atoms with Crippen molar-refractivity contribution in [1.82, 2.24) is 15.1 Å². The summed E-state index contributed by atoms with van der Waals surface area (Å²) in [6.07, 6.45) is 1.27. The molecule has 1 amide bonds. The first-order chi connectivity index (χ1) is 8.85. The Labute approximate surface area is 117 Å². The van der Waals surface area contributed by atoms with E-state index in [4.69, 9.17) is 5.73 Å². The first kappa shape index (κ1) is 16.4. The lowest BCUT2D eigenvalue weighted by atomic mass is 10.0. The van der Waals surface area contributed by atoms with Crippen molar-refractivity contribution in [3.8, 4) is 0 Å². The first-order valence-corrected chi connectivity index (χ1v) is 7.31. The van der Waals surface area contributed by atoms with E-state index in [9.17, 15) is 4.79 Å². The molecule has 5 nitrogen and oxygen atoms in total. The van der Waals surface area contributed by atoms with Crippen LogP contribution in [0.15, 0.2) is 0 Å². The van der Waals surface area contributed by atoms with E-state index in [1.54, 1.807) is 0 Å². The van der Waals surface area contributed by atoms with Gasteiger partial charge in [0.15, 0.2) is 0 Å². The number of carbonyl (C=O) groups is 1. The zero-order valence-corrected chi connectivity index (χ0v) is 12.9. The van der Waals surface area contributed by atoms with Gasteiger partial charge < -0.3 is 16.0 Å². The molecule has 1 saturated heterocycles. The number of nitrogens with zero attached hydrogens (tertiary/aromatic N) is 2. The molecular formula is C14H30N4O. The molecule has 3 N–H and O–H groups in total. The third-order valence-corrected chi connectivity index (χ3v) is 4.05. The van der Waals surface area contributed by atoms with E-state index in [1.165, 1.54) is 0 Å². The van der Waals surface area contributed by atoms with E-state index in [0.717, 1.165) is 32.6 Å². The minimum atomic E-state index is -0.0215. The van der Waals surface area contributed by atoms with Gasteiger partial charge in [-0.3, -0.25) is 9.69 Å². The van der Waals surface area contributed by atoms with Gasteiger partial charge in [-0.2, -0.15) is 0 Å². The molecule has 112 valence electrons. The van der Waals surface area contributed by atoms with Crippen molar-refractivity contribution >= 4 is 5.91 Å². The normalized spacial score (nSPS) is 20.3. The number of hydrogen-bond acceptors (Lipinski definition) is 4. The molecule has 0 aromatic rings. The van der Waals surface area contributed by atoms with Crippen LogP contribution in [-0.4, -0.2) is 67.1 Å². The Morgan fingerprint density at radius 2 is 1.89 bits per heavy atom. The van der Waals surface area contributed by atoms with Crippen LogP contribution in [0.25, 0.3) is 0 Å². The fourth-order valence-electron chi connectivity index (χ4n) is 2.29. The van der Waals surface area contributed by atoms with Crippen LogP contribution < -0.4 is 11.1 Å².